The summed E-state index contributed by atoms with van der Waals surface area (Å²) in [6.07, 6.45) is 2.09. The molecule has 2 aliphatic heterocycles. The van der Waals surface area contributed by atoms with Gasteiger partial charge in [0.15, 0.2) is 0 Å². The summed E-state index contributed by atoms with van der Waals surface area (Å²) in [6.45, 7) is 2.93. The van der Waals surface area contributed by atoms with Gasteiger partial charge in [0, 0.05) is 17.2 Å². The third kappa shape index (κ3) is 2.35. The zero-order valence-electron chi connectivity index (χ0n) is 12.8. The minimum absolute atomic E-state index is 0.134. The van der Waals surface area contributed by atoms with Crippen LogP contribution in [0.4, 0.5) is 5.69 Å². The molecule has 0 aromatic heterocycles. The highest BCUT2D eigenvalue weighted by Gasteiger charge is 2.40. The van der Waals surface area contributed by atoms with Crippen LogP contribution >= 0.6 is 0 Å². The van der Waals surface area contributed by atoms with E-state index in [4.69, 9.17) is 9.47 Å². The summed E-state index contributed by atoms with van der Waals surface area (Å²) >= 11 is 0. The van der Waals surface area contributed by atoms with Crippen LogP contribution in [0.25, 0.3) is 0 Å². The molecule has 0 saturated carbocycles. The summed E-state index contributed by atoms with van der Waals surface area (Å²) in [5, 5.41) is 3.74. The van der Waals surface area contributed by atoms with E-state index in [1.165, 1.54) is 16.8 Å². The fourth-order valence-corrected chi connectivity index (χ4v) is 3.51. The summed E-state index contributed by atoms with van der Waals surface area (Å²) in [5.41, 5.74) is 3.69. The Hall–Kier alpha value is -2.00. The number of ether oxygens (including phenoxy) is 2. The first-order chi connectivity index (χ1) is 10.8. The van der Waals surface area contributed by atoms with Crippen LogP contribution in [0, 0.1) is 12.8 Å². The van der Waals surface area contributed by atoms with Gasteiger partial charge in [-0.3, -0.25) is 0 Å². The molecule has 1 fully saturated rings. The number of hydrogen-bond acceptors (Lipinski definition) is 3. The summed E-state index contributed by atoms with van der Waals surface area (Å²) in [7, 11) is 0. The van der Waals surface area contributed by atoms with E-state index in [9.17, 15) is 0 Å². The van der Waals surface area contributed by atoms with E-state index < -0.39 is 0 Å². The van der Waals surface area contributed by atoms with Crippen LogP contribution in [0.3, 0.4) is 0 Å². The number of nitrogens with one attached hydrogen (secondary N) is 1. The molecular formula is C19H21NO2. The molecule has 1 saturated heterocycles. The van der Waals surface area contributed by atoms with Gasteiger partial charge in [-0.2, -0.15) is 0 Å². The van der Waals surface area contributed by atoms with Crippen molar-refractivity contribution in [2.24, 2.45) is 5.92 Å². The lowest BCUT2D eigenvalue weighted by atomic mass is 9.84. The second-order valence-corrected chi connectivity index (χ2v) is 6.14. The Labute approximate surface area is 131 Å². The average Bonchev–Trinajstić information content (AvgIpc) is 2.56. The third-order valence-corrected chi connectivity index (χ3v) is 4.69. The number of para-hydroxylation sites is 2. The lowest BCUT2D eigenvalue weighted by molar-refractivity contribution is -0.154. The molecule has 0 amide bonds. The van der Waals surface area contributed by atoms with Gasteiger partial charge < -0.3 is 14.8 Å². The molecule has 3 heteroatoms. The van der Waals surface area contributed by atoms with E-state index in [2.05, 4.69) is 48.6 Å². The smallest absolute Gasteiger partial charge is 0.204 e. The zero-order valence-corrected chi connectivity index (χ0v) is 12.8. The first kappa shape index (κ1) is 13.6. The topological polar surface area (TPSA) is 30.5 Å². The number of hydrogen-bond donors (Lipinski definition) is 1. The van der Waals surface area contributed by atoms with Crippen LogP contribution in [0.2, 0.25) is 0 Å². The molecule has 0 spiro atoms. The number of anilines is 1. The van der Waals surface area contributed by atoms with E-state index in [0.29, 0.717) is 5.92 Å². The highest BCUT2D eigenvalue weighted by atomic mass is 16.7. The Balaban J connectivity index is 1.72. The molecular weight excluding hydrogens is 274 g/mol. The van der Waals surface area contributed by atoms with Crippen LogP contribution in [-0.4, -0.2) is 12.9 Å². The van der Waals surface area contributed by atoms with E-state index in [1.54, 1.807) is 0 Å². The highest BCUT2D eigenvalue weighted by molar-refractivity contribution is 5.54. The number of benzene rings is 2. The average molecular weight is 295 g/mol. The second kappa shape index (κ2) is 5.65. The molecule has 0 bridgehead atoms. The van der Waals surface area contributed by atoms with E-state index in [1.807, 2.05) is 12.1 Å². The van der Waals surface area contributed by atoms with Crippen molar-refractivity contribution in [2.75, 3.05) is 11.9 Å². The van der Waals surface area contributed by atoms with Gasteiger partial charge in [0.2, 0.25) is 6.29 Å². The number of rotatable bonds is 2. The highest BCUT2D eigenvalue weighted by Crippen LogP contribution is 2.44. The van der Waals surface area contributed by atoms with Gasteiger partial charge in [0.1, 0.15) is 5.75 Å². The SMILES string of the molecule is Cc1ccccc1N[C@H]1c2ccccc2O[C@@H]2OCCC[C@@H]21. The van der Waals surface area contributed by atoms with Crippen LogP contribution in [-0.2, 0) is 4.74 Å². The predicted molar refractivity (Wildman–Crippen MR) is 87.1 cm³/mol. The quantitative estimate of drug-likeness (QED) is 0.896. The van der Waals surface area contributed by atoms with Crippen LogP contribution in [0.1, 0.15) is 30.0 Å². The Morgan fingerprint density at radius 1 is 1.05 bits per heavy atom. The maximum atomic E-state index is 6.07. The summed E-state index contributed by atoms with van der Waals surface area (Å²) in [5.74, 6) is 1.29. The van der Waals surface area contributed by atoms with E-state index in [-0.39, 0.29) is 12.3 Å². The van der Waals surface area contributed by atoms with Gasteiger partial charge in [-0.15, -0.1) is 0 Å². The maximum Gasteiger partial charge on any atom is 0.204 e. The molecule has 2 aliphatic rings. The fraction of sp³-hybridized carbons (Fsp3) is 0.368. The first-order valence-electron chi connectivity index (χ1n) is 8.02. The van der Waals surface area contributed by atoms with Crippen molar-refractivity contribution in [1.29, 1.82) is 0 Å². The molecule has 2 aromatic carbocycles. The number of aryl methyl sites for hydroxylation is 1. The van der Waals surface area contributed by atoms with Crippen molar-refractivity contribution >= 4 is 5.69 Å². The molecule has 0 radical (unpaired) electrons. The van der Waals surface area contributed by atoms with Crippen molar-refractivity contribution in [1.82, 2.24) is 0 Å². The third-order valence-electron chi connectivity index (χ3n) is 4.69. The number of fused-ring (bicyclic) bond motifs is 2. The van der Waals surface area contributed by atoms with Crippen LogP contribution in [0.5, 0.6) is 5.75 Å². The molecule has 2 aromatic rings. The van der Waals surface area contributed by atoms with Gasteiger partial charge >= 0.3 is 0 Å². The Morgan fingerprint density at radius 3 is 2.77 bits per heavy atom. The van der Waals surface area contributed by atoms with Crippen LogP contribution in [0.15, 0.2) is 48.5 Å². The van der Waals surface area contributed by atoms with Crippen molar-refractivity contribution in [3.63, 3.8) is 0 Å². The fourth-order valence-electron chi connectivity index (χ4n) is 3.51. The zero-order chi connectivity index (χ0) is 14.9. The predicted octanol–water partition coefficient (Wildman–Crippen LogP) is 4.29. The van der Waals surface area contributed by atoms with Gasteiger partial charge in [0.05, 0.1) is 12.6 Å². The van der Waals surface area contributed by atoms with Crippen LogP contribution < -0.4 is 10.1 Å². The van der Waals surface area contributed by atoms with Gasteiger partial charge in [-0.25, -0.2) is 0 Å². The Bertz CT molecular complexity index is 670. The molecule has 3 atom stereocenters. The lowest BCUT2D eigenvalue weighted by Gasteiger charge is -2.42. The molecule has 1 N–H and O–H groups in total. The minimum Gasteiger partial charge on any atom is -0.464 e. The largest absolute Gasteiger partial charge is 0.464 e. The van der Waals surface area contributed by atoms with Gasteiger partial charge in [-0.05, 0) is 37.5 Å². The maximum absolute atomic E-state index is 6.07. The summed E-state index contributed by atoms with van der Waals surface area (Å²) < 4.78 is 11.9. The molecule has 0 unspecified atom stereocenters. The minimum atomic E-state index is -0.134. The first-order valence-corrected chi connectivity index (χ1v) is 8.02. The molecule has 4 rings (SSSR count). The monoisotopic (exact) mass is 295 g/mol. The molecule has 22 heavy (non-hydrogen) atoms. The van der Waals surface area contributed by atoms with E-state index >= 15 is 0 Å². The normalized spacial score (nSPS) is 26.5. The van der Waals surface area contributed by atoms with Crippen molar-refractivity contribution in [3.8, 4) is 5.75 Å². The standard InChI is InChI=1S/C19H21NO2/c1-13-7-2-4-10-16(13)20-18-14-8-3-5-11-17(14)22-19-15(18)9-6-12-21-19/h2-5,7-8,10-11,15,18-20H,6,9,12H2,1H3/t15-,18+,19+/m1/s1. The molecule has 2 heterocycles. The lowest BCUT2D eigenvalue weighted by Crippen LogP contribution is -2.43. The Kier molecular flexibility index (Phi) is 3.51. The molecule has 114 valence electrons. The van der Waals surface area contributed by atoms with Gasteiger partial charge in [0.25, 0.3) is 0 Å². The summed E-state index contributed by atoms with van der Waals surface area (Å²) in [6, 6.07) is 17.0. The summed E-state index contributed by atoms with van der Waals surface area (Å²) in [4.78, 5) is 0. The Morgan fingerprint density at radius 2 is 1.86 bits per heavy atom. The molecule has 0 aliphatic carbocycles. The van der Waals surface area contributed by atoms with Crippen molar-refractivity contribution in [2.45, 2.75) is 32.1 Å². The van der Waals surface area contributed by atoms with Crippen molar-refractivity contribution < 1.29 is 9.47 Å². The second-order valence-electron chi connectivity index (χ2n) is 6.14. The van der Waals surface area contributed by atoms with Crippen molar-refractivity contribution in [3.05, 3.63) is 59.7 Å². The molecule has 3 nitrogen and oxygen atoms in total. The van der Waals surface area contributed by atoms with Gasteiger partial charge in [-0.1, -0.05) is 36.4 Å². The van der Waals surface area contributed by atoms with E-state index in [0.717, 1.165) is 25.2 Å².